The van der Waals surface area contributed by atoms with E-state index in [-0.39, 0.29) is 5.54 Å². The summed E-state index contributed by atoms with van der Waals surface area (Å²) in [5.41, 5.74) is 9.85. The maximum atomic E-state index is 6.09. The monoisotopic (exact) mass is 270 g/mol. The fourth-order valence-electron chi connectivity index (χ4n) is 2.97. The molecule has 0 saturated carbocycles. The van der Waals surface area contributed by atoms with Crippen molar-refractivity contribution < 1.29 is 4.74 Å². The molecule has 0 bridgehead atoms. The van der Waals surface area contributed by atoms with Crippen molar-refractivity contribution in [1.29, 1.82) is 0 Å². The van der Waals surface area contributed by atoms with Crippen molar-refractivity contribution >= 4 is 0 Å². The molecule has 0 amide bonds. The highest BCUT2D eigenvalue weighted by atomic mass is 16.5. The Morgan fingerprint density at radius 2 is 2.00 bits per heavy atom. The smallest absolute Gasteiger partial charge is 0.0616 e. The first kappa shape index (κ1) is 15.2. The van der Waals surface area contributed by atoms with Crippen LogP contribution >= 0.6 is 0 Å². The first-order valence-corrected chi connectivity index (χ1v) is 7.58. The molecule has 2 aliphatic rings. The van der Waals surface area contributed by atoms with Crippen LogP contribution in [0.15, 0.2) is 0 Å². The number of ether oxygens (including phenoxy) is 1. The van der Waals surface area contributed by atoms with Gasteiger partial charge in [-0.2, -0.15) is 0 Å². The molecule has 2 fully saturated rings. The van der Waals surface area contributed by atoms with Gasteiger partial charge < -0.3 is 15.4 Å². The Bertz CT molecular complexity index is 279. The van der Waals surface area contributed by atoms with Crippen LogP contribution in [-0.2, 0) is 4.74 Å². The standard InChI is InChI=1S/C14H30N4O/c1-12(2)13-10-14(11-15,4-9-19-13)16-18-7-5-17(3)6-8-18/h12-13,16H,4-11,15H2,1-3H3. The summed E-state index contributed by atoms with van der Waals surface area (Å²) < 4.78 is 5.88. The molecule has 2 saturated heterocycles. The molecule has 5 nitrogen and oxygen atoms in total. The molecule has 0 radical (unpaired) electrons. The zero-order chi connectivity index (χ0) is 13.9. The summed E-state index contributed by atoms with van der Waals surface area (Å²) in [5.74, 6) is 0.556. The van der Waals surface area contributed by atoms with Crippen LogP contribution in [0.25, 0.3) is 0 Å². The largest absolute Gasteiger partial charge is 0.378 e. The summed E-state index contributed by atoms with van der Waals surface area (Å²) in [6.45, 7) is 10.4. The van der Waals surface area contributed by atoms with Crippen LogP contribution < -0.4 is 11.2 Å². The van der Waals surface area contributed by atoms with E-state index < -0.39 is 0 Å². The van der Waals surface area contributed by atoms with E-state index in [1.807, 2.05) is 0 Å². The number of likely N-dealkylation sites (N-methyl/N-ethyl adjacent to an activating group) is 1. The topological polar surface area (TPSA) is 53.8 Å². The average Bonchev–Trinajstić information content (AvgIpc) is 2.42. The SMILES string of the molecule is CC(C)C1CC(CN)(NN2CCN(C)CC2)CCO1. The van der Waals surface area contributed by atoms with Gasteiger partial charge in [0, 0.05) is 44.9 Å². The second kappa shape index (κ2) is 6.50. The molecule has 0 aromatic heterocycles. The molecular formula is C14H30N4O. The molecule has 0 spiro atoms. The number of piperazine rings is 1. The van der Waals surface area contributed by atoms with Crippen molar-refractivity contribution in [3.8, 4) is 0 Å². The minimum Gasteiger partial charge on any atom is -0.378 e. The van der Waals surface area contributed by atoms with Crippen molar-refractivity contribution in [2.45, 2.75) is 38.3 Å². The van der Waals surface area contributed by atoms with Crippen LogP contribution in [0.1, 0.15) is 26.7 Å². The molecule has 2 heterocycles. The highest BCUT2D eigenvalue weighted by molar-refractivity contribution is 4.94. The average molecular weight is 270 g/mol. The first-order valence-electron chi connectivity index (χ1n) is 7.58. The molecule has 2 aliphatic heterocycles. The van der Waals surface area contributed by atoms with E-state index in [0.29, 0.717) is 18.6 Å². The maximum absolute atomic E-state index is 6.09. The number of nitrogens with one attached hydrogen (secondary N) is 1. The molecule has 19 heavy (non-hydrogen) atoms. The zero-order valence-corrected chi connectivity index (χ0v) is 12.7. The van der Waals surface area contributed by atoms with Crippen LogP contribution in [0.3, 0.4) is 0 Å². The molecular weight excluding hydrogens is 240 g/mol. The third-order valence-electron chi connectivity index (χ3n) is 4.54. The molecule has 0 aromatic carbocycles. The Kier molecular flexibility index (Phi) is 5.20. The molecule has 0 aromatic rings. The summed E-state index contributed by atoms with van der Waals surface area (Å²) in [7, 11) is 2.18. The molecule has 2 unspecified atom stereocenters. The Morgan fingerprint density at radius 1 is 1.32 bits per heavy atom. The van der Waals surface area contributed by atoms with Crippen LogP contribution in [0.2, 0.25) is 0 Å². The van der Waals surface area contributed by atoms with Crippen molar-refractivity contribution in [2.24, 2.45) is 11.7 Å². The van der Waals surface area contributed by atoms with Crippen molar-refractivity contribution in [1.82, 2.24) is 15.3 Å². The number of hydrazine groups is 1. The van der Waals surface area contributed by atoms with Crippen LogP contribution in [0.5, 0.6) is 0 Å². The maximum Gasteiger partial charge on any atom is 0.0616 e. The minimum absolute atomic E-state index is 0.0309. The van der Waals surface area contributed by atoms with E-state index in [0.717, 1.165) is 45.6 Å². The zero-order valence-electron chi connectivity index (χ0n) is 12.7. The summed E-state index contributed by atoms with van der Waals surface area (Å²) in [6.07, 6.45) is 2.37. The highest BCUT2D eigenvalue weighted by Crippen LogP contribution is 2.28. The third kappa shape index (κ3) is 3.89. The number of nitrogens with zero attached hydrogens (tertiary/aromatic N) is 2. The van der Waals surface area contributed by atoms with Crippen LogP contribution in [0, 0.1) is 5.92 Å². The van der Waals surface area contributed by atoms with E-state index in [1.165, 1.54) is 0 Å². The van der Waals surface area contributed by atoms with Crippen LogP contribution in [-0.4, -0.2) is 67.9 Å². The lowest BCUT2D eigenvalue weighted by Gasteiger charge is -2.46. The van der Waals surface area contributed by atoms with Gasteiger partial charge in [-0.15, -0.1) is 0 Å². The first-order chi connectivity index (χ1) is 9.04. The Morgan fingerprint density at radius 3 is 2.58 bits per heavy atom. The minimum atomic E-state index is 0.0309. The predicted molar refractivity (Wildman–Crippen MR) is 77.8 cm³/mol. The number of rotatable bonds is 4. The summed E-state index contributed by atoms with van der Waals surface area (Å²) in [4.78, 5) is 2.37. The van der Waals surface area contributed by atoms with Crippen molar-refractivity contribution in [2.75, 3.05) is 46.4 Å². The Labute approximate surface area is 117 Å². The van der Waals surface area contributed by atoms with E-state index in [9.17, 15) is 0 Å². The molecule has 2 atom stereocenters. The molecule has 0 aliphatic carbocycles. The summed E-state index contributed by atoms with van der Waals surface area (Å²) in [6, 6.07) is 0. The normalized spacial score (nSPS) is 34.9. The number of nitrogens with two attached hydrogens (primary N) is 1. The van der Waals surface area contributed by atoms with Crippen LogP contribution in [0.4, 0.5) is 0 Å². The van der Waals surface area contributed by atoms with E-state index in [2.05, 4.69) is 36.2 Å². The Hall–Kier alpha value is -0.200. The van der Waals surface area contributed by atoms with Gasteiger partial charge in [0.1, 0.15) is 0 Å². The molecule has 5 heteroatoms. The number of hydrogen-bond donors (Lipinski definition) is 2. The van der Waals surface area contributed by atoms with Gasteiger partial charge >= 0.3 is 0 Å². The van der Waals surface area contributed by atoms with Gasteiger partial charge in [-0.25, -0.2) is 10.4 Å². The third-order valence-corrected chi connectivity index (χ3v) is 4.54. The lowest BCUT2D eigenvalue weighted by molar-refractivity contribution is -0.0731. The molecule has 112 valence electrons. The van der Waals surface area contributed by atoms with E-state index >= 15 is 0 Å². The fourth-order valence-corrected chi connectivity index (χ4v) is 2.97. The van der Waals surface area contributed by atoms with Gasteiger partial charge in [-0.1, -0.05) is 13.8 Å². The second-order valence-electron chi connectivity index (χ2n) is 6.49. The predicted octanol–water partition coefficient (Wildman–Crippen LogP) is 0.271. The van der Waals surface area contributed by atoms with Crippen molar-refractivity contribution in [3.63, 3.8) is 0 Å². The number of hydrogen-bond acceptors (Lipinski definition) is 5. The van der Waals surface area contributed by atoms with Gasteiger partial charge in [0.2, 0.25) is 0 Å². The van der Waals surface area contributed by atoms with Gasteiger partial charge in [0.15, 0.2) is 0 Å². The van der Waals surface area contributed by atoms with Gasteiger partial charge in [0.25, 0.3) is 0 Å². The highest BCUT2D eigenvalue weighted by Gasteiger charge is 2.38. The lowest BCUT2D eigenvalue weighted by Crippen LogP contribution is -2.64. The molecule has 3 N–H and O–H groups in total. The fraction of sp³-hybridized carbons (Fsp3) is 1.00. The van der Waals surface area contributed by atoms with Gasteiger partial charge in [0.05, 0.1) is 6.10 Å². The van der Waals surface area contributed by atoms with Gasteiger partial charge in [-0.05, 0) is 25.8 Å². The van der Waals surface area contributed by atoms with Gasteiger partial charge in [-0.3, -0.25) is 0 Å². The Balaban J connectivity index is 1.93. The van der Waals surface area contributed by atoms with E-state index in [4.69, 9.17) is 10.5 Å². The van der Waals surface area contributed by atoms with Crippen molar-refractivity contribution in [3.05, 3.63) is 0 Å². The molecule has 2 rings (SSSR count). The lowest BCUT2D eigenvalue weighted by atomic mass is 9.84. The van der Waals surface area contributed by atoms with E-state index in [1.54, 1.807) is 0 Å². The quantitative estimate of drug-likeness (QED) is 0.768. The summed E-state index contributed by atoms with van der Waals surface area (Å²) >= 11 is 0. The second-order valence-corrected chi connectivity index (χ2v) is 6.49. The summed E-state index contributed by atoms with van der Waals surface area (Å²) in [5, 5.41) is 2.36.